The van der Waals surface area contributed by atoms with Gasteiger partial charge < -0.3 is 4.79 Å². The molecule has 0 amide bonds. The van der Waals surface area contributed by atoms with Crippen molar-refractivity contribution < 1.29 is 4.79 Å². The number of hydrogen-bond acceptors (Lipinski definition) is 3. The topological polar surface area (TPSA) is 42.9 Å². The molecule has 3 rings (SSSR count). The van der Waals surface area contributed by atoms with Crippen LogP contribution in [0.25, 0.3) is 11.0 Å². The molecular formula is C12H10N2O. The summed E-state index contributed by atoms with van der Waals surface area (Å²) in [6.07, 6.45) is 4.54. The molecule has 0 spiro atoms. The molecule has 0 N–H and O–H groups in total. The Hall–Kier alpha value is -1.77. The first-order valence-corrected chi connectivity index (χ1v) is 5.03. The zero-order valence-corrected chi connectivity index (χ0v) is 8.18. The molecule has 74 valence electrons. The van der Waals surface area contributed by atoms with E-state index in [4.69, 9.17) is 0 Å². The Kier molecular flexibility index (Phi) is 1.63. The minimum atomic E-state index is -0.322. The molecule has 1 aromatic heterocycles. The van der Waals surface area contributed by atoms with Gasteiger partial charge in [0.05, 0.1) is 28.3 Å². The van der Waals surface area contributed by atoms with E-state index >= 15 is 0 Å². The van der Waals surface area contributed by atoms with Gasteiger partial charge in [0, 0.05) is 0 Å². The highest BCUT2D eigenvalue weighted by Gasteiger charge is 2.46. The summed E-state index contributed by atoms with van der Waals surface area (Å²) in [5.74, 6) is 0. The lowest BCUT2D eigenvalue weighted by atomic mass is 10.1. The van der Waals surface area contributed by atoms with Crippen LogP contribution in [-0.2, 0) is 10.2 Å². The van der Waals surface area contributed by atoms with Crippen LogP contribution in [0.4, 0.5) is 0 Å². The zero-order chi connectivity index (χ0) is 10.3. The number of aldehydes is 1. The maximum atomic E-state index is 11.0. The zero-order valence-electron chi connectivity index (χ0n) is 8.18. The fourth-order valence-electron chi connectivity index (χ4n) is 1.77. The summed E-state index contributed by atoms with van der Waals surface area (Å²) in [5, 5.41) is 0. The van der Waals surface area contributed by atoms with Crippen molar-refractivity contribution in [1.82, 2.24) is 9.97 Å². The predicted molar refractivity (Wildman–Crippen MR) is 56.5 cm³/mol. The van der Waals surface area contributed by atoms with Gasteiger partial charge in [0.25, 0.3) is 0 Å². The van der Waals surface area contributed by atoms with E-state index in [2.05, 4.69) is 9.97 Å². The molecule has 1 aromatic carbocycles. The van der Waals surface area contributed by atoms with Crippen molar-refractivity contribution >= 4 is 17.3 Å². The third kappa shape index (κ3) is 1.23. The number of aromatic nitrogens is 2. The fraction of sp³-hybridized carbons (Fsp3) is 0.250. The minimum absolute atomic E-state index is 0.322. The normalized spacial score (nSPS) is 17.6. The maximum Gasteiger partial charge on any atom is 0.132 e. The largest absolute Gasteiger partial charge is 0.302 e. The Morgan fingerprint density at radius 2 is 1.93 bits per heavy atom. The van der Waals surface area contributed by atoms with Gasteiger partial charge in [-0.15, -0.1) is 0 Å². The summed E-state index contributed by atoms with van der Waals surface area (Å²) in [5.41, 5.74) is 2.24. The van der Waals surface area contributed by atoms with Crippen LogP contribution in [0.15, 0.2) is 30.5 Å². The second kappa shape index (κ2) is 2.86. The monoisotopic (exact) mass is 198 g/mol. The average molecular weight is 198 g/mol. The second-order valence-corrected chi connectivity index (χ2v) is 4.02. The average Bonchev–Trinajstić information content (AvgIpc) is 3.09. The lowest BCUT2D eigenvalue weighted by molar-refractivity contribution is -0.109. The molecule has 0 saturated heterocycles. The number of nitrogens with zero attached hydrogens (tertiary/aromatic N) is 2. The summed E-state index contributed by atoms with van der Waals surface area (Å²) >= 11 is 0. The van der Waals surface area contributed by atoms with Crippen LogP contribution >= 0.6 is 0 Å². The Morgan fingerprint density at radius 3 is 2.60 bits per heavy atom. The van der Waals surface area contributed by atoms with Crippen LogP contribution in [0.5, 0.6) is 0 Å². The number of para-hydroxylation sites is 2. The Bertz CT molecular complexity index is 532. The van der Waals surface area contributed by atoms with E-state index in [1.54, 1.807) is 6.20 Å². The van der Waals surface area contributed by atoms with E-state index in [9.17, 15) is 4.79 Å². The lowest BCUT2D eigenvalue weighted by Gasteiger charge is -2.06. The van der Waals surface area contributed by atoms with Crippen molar-refractivity contribution in [2.24, 2.45) is 0 Å². The van der Waals surface area contributed by atoms with Crippen LogP contribution in [0, 0.1) is 0 Å². The molecule has 3 heteroatoms. The van der Waals surface area contributed by atoms with Crippen LogP contribution in [0.3, 0.4) is 0 Å². The molecule has 0 atom stereocenters. The van der Waals surface area contributed by atoms with E-state index in [-0.39, 0.29) is 5.41 Å². The van der Waals surface area contributed by atoms with E-state index in [0.717, 1.165) is 35.9 Å². The van der Waals surface area contributed by atoms with Crippen LogP contribution < -0.4 is 0 Å². The van der Waals surface area contributed by atoms with E-state index < -0.39 is 0 Å². The summed E-state index contributed by atoms with van der Waals surface area (Å²) in [6.45, 7) is 0. The van der Waals surface area contributed by atoms with Crippen molar-refractivity contribution in [1.29, 1.82) is 0 Å². The molecule has 2 aromatic rings. The van der Waals surface area contributed by atoms with E-state index in [1.165, 1.54) is 0 Å². The van der Waals surface area contributed by atoms with Gasteiger partial charge in [0.15, 0.2) is 0 Å². The summed E-state index contributed by atoms with van der Waals surface area (Å²) < 4.78 is 0. The number of fused-ring (bicyclic) bond motifs is 1. The predicted octanol–water partition coefficient (Wildman–Crippen LogP) is 1.86. The first-order chi connectivity index (χ1) is 7.34. The van der Waals surface area contributed by atoms with Gasteiger partial charge in [-0.05, 0) is 25.0 Å². The van der Waals surface area contributed by atoms with Crippen LogP contribution in [0.2, 0.25) is 0 Å². The first-order valence-electron chi connectivity index (χ1n) is 5.03. The molecule has 0 aliphatic heterocycles. The van der Waals surface area contributed by atoms with Crippen molar-refractivity contribution in [2.75, 3.05) is 0 Å². The van der Waals surface area contributed by atoms with Crippen molar-refractivity contribution in [3.63, 3.8) is 0 Å². The Morgan fingerprint density at radius 1 is 1.20 bits per heavy atom. The van der Waals surface area contributed by atoms with E-state index in [1.807, 2.05) is 24.3 Å². The Balaban J connectivity index is 2.18. The third-order valence-corrected chi connectivity index (χ3v) is 2.97. The molecule has 1 fully saturated rings. The molecule has 0 unspecified atom stereocenters. The lowest BCUT2D eigenvalue weighted by Crippen LogP contribution is -2.10. The van der Waals surface area contributed by atoms with Gasteiger partial charge in [-0.2, -0.15) is 0 Å². The molecule has 0 radical (unpaired) electrons. The number of rotatable bonds is 2. The number of benzene rings is 1. The molecule has 1 aliphatic carbocycles. The standard InChI is InChI=1S/C12H10N2O/c15-8-12(5-6-12)11-7-13-9-3-1-2-4-10(9)14-11/h1-4,7-8H,5-6H2. The van der Waals surface area contributed by atoms with Crippen molar-refractivity contribution in [3.8, 4) is 0 Å². The molecule has 1 aliphatic rings. The molecule has 0 bridgehead atoms. The fourth-order valence-corrected chi connectivity index (χ4v) is 1.77. The Labute approximate surface area is 87.2 Å². The number of carbonyl (C=O) groups is 1. The van der Waals surface area contributed by atoms with Crippen LogP contribution in [0.1, 0.15) is 18.5 Å². The third-order valence-electron chi connectivity index (χ3n) is 2.97. The van der Waals surface area contributed by atoms with Gasteiger partial charge in [-0.1, -0.05) is 12.1 Å². The number of hydrogen-bond donors (Lipinski definition) is 0. The van der Waals surface area contributed by atoms with Gasteiger partial charge in [-0.25, -0.2) is 4.98 Å². The van der Waals surface area contributed by atoms with Gasteiger partial charge in [0.2, 0.25) is 0 Å². The maximum absolute atomic E-state index is 11.0. The van der Waals surface area contributed by atoms with Gasteiger partial charge >= 0.3 is 0 Å². The highest BCUT2D eigenvalue weighted by molar-refractivity contribution is 5.77. The first kappa shape index (κ1) is 8.53. The highest BCUT2D eigenvalue weighted by Crippen LogP contribution is 2.45. The number of carbonyl (C=O) groups excluding carboxylic acids is 1. The molecule has 1 saturated carbocycles. The molecule has 3 nitrogen and oxygen atoms in total. The summed E-state index contributed by atoms with van der Waals surface area (Å²) in [4.78, 5) is 19.8. The quantitative estimate of drug-likeness (QED) is 0.692. The van der Waals surface area contributed by atoms with Gasteiger partial charge in [-0.3, -0.25) is 4.98 Å². The smallest absolute Gasteiger partial charge is 0.132 e. The highest BCUT2D eigenvalue weighted by atomic mass is 16.1. The minimum Gasteiger partial charge on any atom is -0.302 e. The van der Waals surface area contributed by atoms with Crippen molar-refractivity contribution in [3.05, 3.63) is 36.2 Å². The van der Waals surface area contributed by atoms with Crippen LogP contribution in [-0.4, -0.2) is 16.3 Å². The van der Waals surface area contributed by atoms with E-state index in [0.29, 0.717) is 0 Å². The summed E-state index contributed by atoms with van der Waals surface area (Å²) in [6, 6.07) is 7.71. The summed E-state index contributed by atoms with van der Waals surface area (Å²) in [7, 11) is 0. The van der Waals surface area contributed by atoms with Gasteiger partial charge in [0.1, 0.15) is 6.29 Å². The van der Waals surface area contributed by atoms with Crippen molar-refractivity contribution in [2.45, 2.75) is 18.3 Å². The SMILES string of the molecule is O=CC1(c2cnc3ccccc3n2)CC1. The molecule has 1 heterocycles. The second-order valence-electron chi connectivity index (χ2n) is 4.02. The molecule has 15 heavy (non-hydrogen) atoms. The molecular weight excluding hydrogens is 188 g/mol.